The van der Waals surface area contributed by atoms with Gasteiger partial charge in [-0.05, 0) is 93.0 Å². The molecule has 4 heteroatoms. The number of rotatable bonds is 5. The summed E-state index contributed by atoms with van der Waals surface area (Å²) in [4.78, 5) is 12.8. The van der Waals surface area contributed by atoms with Crippen molar-refractivity contribution in [1.82, 2.24) is 5.43 Å². The van der Waals surface area contributed by atoms with Crippen LogP contribution in [0.3, 0.4) is 0 Å². The number of nitrogens with zero attached hydrogens (tertiary/aromatic N) is 1. The molecule has 4 nitrogen and oxygen atoms in total. The highest BCUT2D eigenvalue weighted by Gasteiger charge is 2.54. The number of hydrogen-bond acceptors (Lipinski definition) is 3. The molecule has 0 radical (unpaired) electrons. The van der Waals surface area contributed by atoms with Crippen LogP contribution in [0.1, 0.15) is 51.0 Å². The Labute approximate surface area is 143 Å². The molecule has 24 heavy (non-hydrogen) atoms. The predicted molar refractivity (Wildman–Crippen MR) is 94.0 cm³/mol. The minimum absolute atomic E-state index is 0.134. The number of hydrogen-bond donors (Lipinski definition) is 1. The van der Waals surface area contributed by atoms with Crippen molar-refractivity contribution in [3.63, 3.8) is 0 Å². The van der Waals surface area contributed by atoms with Crippen LogP contribution in [0.4, 0.5) is 0 Å². The van der Waals surface area contributed by atoms with Crippen LogP contribution in [0.15, 0.2) is 29.4 Å². The second kappa shape index (κ2) is 6.23. The van der Waals surface area contributed by atoms with Crippen LogP contribution in [-0.2, 0) is 4.79 Å². The minimum Gasteiger partial charge on any atom is -0.494 e. The van der Waals surface area contributed by atoms with Crippen LogP contribution < -0.4 is 10.2 Å². The van der Waals surface area contributed by atoms with Gasteiger partial charge >= 0.3 is 0 Å². The monoisotopic (exact) mass is 326 g/mol. The van der Waals surface area contributed by atoms with Gasteiger partial charge in [-0.2, -0.15) is 5.10 Å². The molecule has 4 fully saturated rings. The molecule has 4 bridgehead atoms. The maximum absolute atomic E-state index is 12.8. The standard InChI is InChI=1S/C20H26N2O2/c1-2-24-18-5-3-14(4-6-18)13-21-22-19(23)20-10-15-7-16(11-20)9-17(8-15)12-20/h3-6,13,15-17H,2,7-12H2,1H3,(H,22,23)/b21-13+. The van der Waals surface area contributed by atoms with E-state index in [-0.39, 0.29) is 11.3 Å². The first-order valence-electron chi connectivity index (χ1n) is 9.23. The Morgan fingerprint density at radius 1 is 1.17 bits per heavy atom. The number of benzene rings is 1. The molecule has 1 aromatic carbocycles. The van der Waals surface area contributed by atoms with Crippen LogP contribution in [0.5, 0.6) is 5.75 Å². The molecular weight excluding hydrogens is 300 g/mol. The van der Waals surface area contributed by atoms with Crippen LogP contribution in [0.2, 0.25) is 0 Å². The van der Waals surface area contributed by atoms with Gasteiger partial charge in [-0.15, -0.1) is 0 Å². The summed E-state index contributed by atoms with van der Waals surface area (Å²) in [7, 11) is 0. The topological polar surface area (TPSA) is 50.7 Å². The van der Waals surface area contributed by atoms with Crippen LogP contribution >= 0.6 is 0 Å². The highest BCUT2D eigenvalue weighted by atomic mass is 16.5. The van der Waals surface area contributed by atoms with Crippen LogP contribution in [-0.4, -0.2) is 18.7 Å². The molecule has 1 amide bonds. The quantitative estimate of drug-likeness (QED) is 0.662. The highest BCUT2D eigenvalue weighted by Crippen LogP contribution is 2.60. The zero-order valence-electron chi connectivity index (χ0n) is 14.3. The Kier molecular flexibility index (Phi) is 4.07. The summed E-state index contributed by atoms with van der Waals surface area (Å²) in [6.45, 7) is 2.63. The highest BCUT2D eigenvalue weighted by molar-refractivity contribution is 5.85. The largest absolute Gasteiger partial charge is 0.494 e. The smallest absolute Gasteiger partial charge is 0.246 e. The second-order valence-electron chi connectivity index (χ2n) is 7.90. The first-order chi connectivity index (χ1) is 11.7. The van der Waals surface area contributed by atoms with Crippen molar-refractivity contribution in [3.05, 3.63) is 29.8 Å². The molecule has 0 aliphatic heterocycles. The van der Waals surface area contributed by atoms with E-state index < -0.39 is 0 Å². The Hall–Kier alpha value is -1.84. The van der Waals surface area contributed by atoms with E-state index in [0.29, 0.717) is 6.61 Å². The first kappa shape index (κ1) is 15.7. The summed E-state index contributed by atoms with van der Waals surface area (Å²) in [5.74, 6) is 3.32. The summed E-state index contributed by atoms with van der Waals surface area (Å²) in [5.41, 5.74) is 3.66. The summed E-state index contributed by atoms with van der Waals surface area (Å²) in [5, 5.41) is 4.21. The molecule has 0 saturated heterocycles. The molecule has 0 heterocycles. The minimum atomic E-state index is -0.134. The van der Waals surface area contributed by atoms with Crippen molar-refractivity contribution in [2.45, 2.75) is 45.4 Å². The molecule has 4 aliphatic carbocycles. The van der Waals surface area contributed by atoms with Crippen LogP contribution in [0, 0.1) is 23.2 Å². The van der Waals surface area contributed by atoms with Crippen molar-refractivity contribution in [2.75, 3.05) is 6.61 Å². The van der Waals surface area contributed by atoms with Gasteiger partial charge in [-0.3, -0.25) is 4.79 Å². The molecule has 1 N–H and O–H groups in total. The van der Waals surface area contributed by atoms with Gasteiger partial charge in [-0.1, -0.05) is 0 Å². The van der Waals surface area contributed by atoms with Crippen molar-refractivity contribution in [3.8, 4) is 5.75 Å². The Balaban J connectivity index is 1.38. The fourth-order valence-corrected chi connectivity index (χ4v) is 5.49. The Morgan fingerprint density at radius 3 is 2.29 bits per heavy atom. The Morgan fingerprint density at radius 2 is 1.75 bits per heavy atom. The molecule has 128 valence electrons. The zero-order chi connectivity index (χ0) is 16.6. The van der Waals surface area contributed by atoms with E-state index >= 15 is 0 Å². The fraction of sp³-hybridized carbons (Fsp3) is 0.600. The molecule has 0 atom stereocenters. The van der Waals surface area contributed by atoms with Crippen molar-refractivity contribution in [2.24, 2.45) is 28.3 Å². The SMILES string of the molecule is CCOc1ccc(/C=N/NC(=O)C23CC4CC(CC(C4)C2)C3)cc1. The van der Waals surface area contributed by atoms with Crippen molar-refractivity contribution in [1.29, 1.82) is 0 Å². The van der Waals surface area contributed by atoms with E-state index in [9.17, 15) is 4.79 Å². The van der Waals surface area contributed by atoms with E-state index in [1.165, 1.54) is 19.3 Å². The molecule has 5 rings (SSSR count). The van der Waals surface area contributed by atoms with Gasteiger partial charge in [0.05, 0.1) is 18.2 Å². The third kappa shape index (κ3) is 2.94. The van der Waals surface area contributed by atoms with Gasteiger partial charge in [0.25, 0.3) is 0 Å². The number of carbonyl (C=O) groups is 1. The lowest BCUT2D eigenvalue weighted by Crippen LogP contribution is -2.52. The van der Waals surface area contributed by atoms with E-state index in [2.05, 4.69) is 10.5 Å². The average Bonchev–Trinajstić information content (AvgIpc) is 2.55. The summed E-state index contributed by atoms with van der Waals surface area (Å²) < 4.78 is 5.43. The molecule has 1 aromatic rings. The first-order valence-corrected chi connectivity index (χ1v) is 9.23. The average molecular weight is 326 g/mol. The molecule has 0 aromatic heterocycles. The number of nitrogens with one attached hydrogen (secondary N) is 1. The number of hydrazone groups is 1. The van der Waals surface area contributed by atoms with Gasteiger partial charge in [-0.25, -0.2) is 5.43 Å². The van der Waals surface area contributed by atoms with E-state index in [4.69, 9.17) is 4.74 Å². The third-order valence-electron chi connectivity index (χ3n) is 6.09. The predicted octanol–water partition coefficient (Wildman–Crippen LogP) is 3.75. The number of carbonyl (C=O) groups excluding carboxylic acids is 1. The van der Waals surface area contributed by atoms with Crippen molar-refractivity contribution >= 4 is 12.1 Å². The zero-order valence-corrected chi connectivity index (χ0v) is 14.3. The van der Waals surface area contributed by atoms with E-state index in [0.717, 1.165) is 48.3 Å². The molecular formula is C20H26N2O2. The molecule has 4 aliphatic rings. The van der Waals surface area contributed by atoms with Crippen molar-refractivity contribution < 1.29 is 9.53 Å². The summed E-state index contributed by atoms with van der Waals surface area (Å²) in [6.07, 6.45) is 8.98. The van der Waals surface area contributed by atoms with Gasteiger partial charge in [0.2, 0.25) is 5.91 Å². The molecule has 0 spiro atoms. The lowest BCUT2D eigenvalue weighted by atomic mass is 9.49. The lowest BCUT2D eigenvalue weighted by Gasteiger charge is -2.55. The van der Waals surface area contributed by atoms with Gasteiger partial charge in [0.15, 0.2) is 0 Å². The Bertz CT molecular complexity index is 600. The van der Waals surface area contributed by atoms with Gasteiger partial charge in [0.1, 0.15) is 5.75 Å². The maximum atomic E-state index is 12.8. The van der Waals surface area contributed by atoms with Gasteiger partial charge in [0, 0.05) is 0 Å². The summed E-state index contributed by atoms with van der Waals surface area (Å²) >= 11 is 0. The van der Waals surface area contributed by atoms with Gasteiger partial charge < -0.3 is 4.74 Å². The van der Waals surface area contributed by atoms with E-state index in [1.54, 1.807) is 6.21 Å². The summed E-state index contributed by atoms with van der Waals surface area (Å²) in [6, 6.07) is 7.74. The third-order valence-corrected chi connectivity index (χ3v) is 6.09. The fourth-order valence-electron chi connectivity index (χ4n) is 5.49. The lowest BCUT2D eigenvalue weighted by molar-refractivity contribution is -0.146. The van der Waals surface area contributed by atoms with E-state index in [1.807, 2.05) is 31.2 Å². The number of amides is 1. The normalized spacial score (nSPS) is 33.8. The second-order valence-corrected chi connectivity index (χ2v) is 7.90. The molecule has 0 unspecified atom stereocenters. The molecule has 4 saturated carbocycles. The number of ether oxygens (including phenoxy) is 1. The maximum Gasteiger partial charge on any atom is 0.246 e. The van der Waals surface area contributed by atoms with Crippen LogP contribution in [0.25, 0.3) is 0 Å².